The van der Waals surface area contributed by atoms with Gasteiger partial charge in [0.2, 0.25) is 0 Å². The topological polar surface area (TPSA) is 48.5 Å². The van der Waals surface area contributed by atoms with E-state index in [1.54, 1.807) is 0 Å². The van der Waals surface area contributed by atoms with Crippen LogP contribution in [0.2, 0.25) is 0 Å². The Morgan fingerprint density at radius 2 is 0.850 bits per heavy atom. The molecule has 0 spiro atoms. The molecule has 0 fully saturated rings. The molecule has 12 rings (SSSR count). The molecular formula is C55H35N5. The van der Waals surface area contributed by atoms with Gasteiger partial charge in [0.25, 0.3) is 0 Å². The summed E-state index contributed by atoms with van der Waals surface area (Å²) >= 11 is 0. The SMILES string of the molecule is c1ccc(-c2cccc(-c3nc(-c4ccccc4)nc(-c4cccc5c(-n6c7ccccc7c7c6ccc6c8ccccc8n(-c8ccccc8)c67)cccc45)n3)c2)cc1. The van der Waals surface area contributed by atoms with Crippen molar-refractivity contribution >= 4 is 54.4 Å². The predicted octanol–water partition coefficient (Wildman–Crippen LogP) is 13.9. The normalized spacial score (nSPS) is 11.7. The first kappa shape index (κ1) is 33.9. The molecule has 0 radical (unpaired) electrons. The van der Waals surface area contributed by atoms with E-state index < -0.39 is 0 Å². The molecule has 280 valence electrons. The highest BCUT2D eigenvalue weighted by atomic mass is 15.0. The van der Waals surface area contributed by atoms with Crippen molar-refractivity contribution in [1.29, 1.82) is 0 Å². The van der Waals surface area contributed by atoms with Crippen LogP contribution in [-0.4, -0.2) is 24.1 Å². The van der Waals surface area contributed by atoms with E-state index in [2.05, 4.69) is 197 Å². The largest absolute Gasteiger partial charge is 0.309 e. The average molecular weight is 766 g/mol. The summed E-state index contributed by atoms with van der Waals surface area (Å²) in [5.41, 5.74) is 12.0. The van der Waals surface area contributed by atoms with Crippen LogP contribution in [0, 0.1) is 0 Å². The van der Waals surface area contributed by atoms with Gasteiger partial charge in [0, 0.05) is 49.3 Å². The molecule has 12 aromatic rings. The Morgan fingerprint density at radius 3 is 1.63 bits per heavy atom. The minimum absolute atomic E-state index is 0.628. The Labute approximate surface area is 346 Å². The minimum atomic E-state index is 0.628. The third kappa shape index (κ3) is 5.37. The van der Waals surface area contributed by atoms with Crippen LogP contribution in [0.15, 0.2) is 212 Å². The molecule has 0 saturated carbocycles. The summed E-state index contributed by atoms with van der Waals surface area (Å²) in [6.45, 7) is 0. The molecule has 0 saturated heterocycles. The standard InChI is InChI=1S/C55H35N5/c1-4-17-36(18-5-1)38-21-14-22-39(35-38)54-56-53(37-19-6-2-7-20-37)57-55(58-54)45-29-15-28-42-41(45)27-16-32-48(42)60-49-31-13-11-26-46(49)51-50(60)34-33-44-43-25-10-12-30-47(43)59(52(44)51)40-23-8-3-9-24-40/h1-35H. The van der Waals surface area contributed by atoms with Crippen molar-refractivity contribution < 1.29 is 0 Å². The summed E-state index contributed by atoms with van der Waals surface area (Å²) in [7, 11) is 0. The molecule has 0 atom stereocenters. The second-order valence-electron chi connectivity index (χ2n) is 15.2. The van der Waals surface area contributed by atoms with Crippen molar-refractivity contribution in [2.24, 2.45) is 0 Å². The molecule has 0 aliphatic heterocycles. The number of para-hydroxylation sites is 3. The maximum absolute atomic E-state index is 5.24. The molecule has 0 aliphatic rings. The first-order chi connectivity index (χ1) is 29.8. The van der Waals surface area contributed by atoms with Crippen molar-refractivity contribution in [1.82, 2.24) is 24.1 Å². The van der Waals surface area contributed by atoms with Gasteiger partial charge in [-0.1, -0.05) is 170 Å². The summed E-state index contributed by atoms with van der Waals surface area (Å²) in [5, 5.41) is 7.08. The van der Waals surface area contributed by atoms with Crippen LogP contribution >= 0.6 is 0 Å². The van der Waals surface area contributed by atoms with E-state index in [0.29, 0.717) is 17.5 Å². The van der Waals surface area contributed by atoms with E-state index in [1.807, 2.05) is 24.3 Å². The van der Waals surface area contributed by atoms with Gasteiger partial charge in [-0.3, -0.25) is 0 Å². The highest BCUT2D eigenvalue weighted by Crippen LogP contribution is 2.43. The number of fused-ring (bicyclic) bond motifs is 8. The van der Waals surface area contributed by atoms with E-state index in [-0.39, 0.29) is 0 Å². The molecule has 60 heavy (non-hydrogen) atoms. The molecule has 0 N–H and O–H groups in total. The van der Waals surface area contributed by atoms with Crippen molar-refractivity contribution in [2.75, 3.05) is 0 Å². The molecule has 0 unspecified atom stereocenters. The molecule has 0 bridgehead atoms. The lowest BCUT2D eigenvalue weighted by Crippen LogP contribution is -2.01. The van der Waals surface area contributed by atoms with E-state index in [9.17, 15) is 0 Å². The smallest absolute Gasteiger partial charge is 0.164 e. The maximum Gasteiger partial charge on any atom is 0.164 e. The Morgan fingerprint density at radius 1 is 0.300 bits per heavy atom. The van der Waals surface area contributed by atoms with E-state index in [4.69, 9.17) is 15.0 Å². The van der Waals surface area contributed by atoms with Crippen LogP contribution < -0.4 is 0 Å². The first-order valence-electron chi connectivity index (χ1n) is 20.3. The Hall–Kier alpha value is -8.15. The number of benzene rings is 9. The number of nitrogens with zero attached hydrogens (tertiary/aromatic N) is 5. The summed E-state index contributed by atoms with van der Waals surface area (Å²) in [4.78, 5) is 15.5. The van der Waals surface area contributed by atoms with Gasteiger partial charge in [-0.25, -0.2) is 15.0 Å². The molecule has 0 amide bonds. The van der Waals surface area contributed by atoms with Crippen LogP contribution in [0.3, 0.4) is 0 Å². The fourth-order valence-electron chi connectivity index (χ4n) is 9.11. The van der Waals surface area contributed by atoms with Crippen molar-refractivity contribution in [3.63, 3.8) is 0 Å². The predicted molar refractivity (Wildman–Crippen MR) is 248 cm³/mol. The highest BCUT2D eigenvalue weighted by molar-refractivity contribution is 6.26. The van der Waals surface area contributed by atoms with Gasteiger partial charge in [-0.15, -0.1) is 0 Å². The van der Waals surface area contributed by atoms with Crippen LogP contribution in [0.5, 0.6) is 0 Å². The molecule has 3 aromatic heterocycles. The molecule has 5 nitrogen and oxygen atoms in total. The number of hydrogen-bond acceptors (Lipinski definition) is 3. The lowest BCUT2D eigenvalue weighted by atomic mass is 10.0. The Bertz CT molecular complexity index is 3590. The van der Waals surface area contributed by atoms with Gasteiger partial charge in [0.05, 0.1) is 27.8 Å². The molecule has 9 aromatic carbocycles. The van der Waals surface area contributed by atoms with E-state index in [0.717, 1.165) is 61.0 Å². The third-order valence-corrected chi connectivity index (χ3v) is 11.8. The van der Waals surface area contributed by atoms with E-state index in [1.165, 1.54) is 32.6 Å². The lowest BCUT2D eigenvalue weighted by Gasteiger charge is -2.15. The minimum Gasteiger partial charge on any atom is -0.309 e. The third-order valence-electron chi connectivity index (χ3n) is 11.8. The Kier molecular flexibility index (Phi) is 7.78. The molecule has 5 heteroatoms. The van der Waals surface area contributed by atoms with Crippen LogP contribution in [-0.2, 0) is 0 Å². The molecular weight excluding hydrogens is 731 g/mol. The molecule has 3 heterocycles. The fourth-order valence-corrected chi connectivity index (χ4v) is 9.11. The summed E-state index contributed by atoms with van der Waals surface area (Å²) < 4.78 is 4.87. The van der Waals surface area contributed by atoms with Crippen molar-refractivity contribution in [2.45, 2.75) is 0 Å². The number of aromatic nitrogens is 5. The van der Waals surface area contributed by atoms with Crippen LogP contribution in [0.25, 0.3) is 111 Å². The van der Waals surface area contributed by atoms with Gasteiger partial charge in [0.1, 0.15) is 0 Å². The zero-order valence-electron chi connectivity index (χ0n) is 32.4. The van der Waals surface area contributed by atoms with Gasteiger partial charge in [-0.2, -0.15) is 0 Å². The highest BCUT2D eigenvalue weighted by Gasteiger charge is 2.22. The summed E-state index contributed by atoms with van der Waals surface area (Å²) in [5.74, 6) is 1.89. The average Bonchev–Trinajstić information content (AvgIpc) is 3.85. The van der Waals surface area contributed by atoms with Crippen molar-refractivity contribution in [3.8, 4) is 56.7 Å². The Balaban J connectivity index is 1.10. The maximum atomic E-state index is 5.24. The van der Waals surface area contributed by atoms with Gasteiger partial charge >= 0.3 is 0 Å². The van der Waals surface area contributed by atoms with Gasteiger partial charge in [-0.05, 0) is 59.0 Å². The summed E-state index contributed by atoms with van der Waals surface area (Å²) in [6, 6.07) is 75.0. The van der Waals surface area contributed by atoms with E-state index >= 15 is 0 Å². The van der Waals surface area contributed by atoms with Crippen LogP contribution in [0.4, 0.5) is 0 Å². The zero-order chi connectivity index (χ0) is 39.6. The second-order valence-corrected chi connectivity index (χ2v) is 15.2. The van der Waals surface area contributed by atoms with Gasteiger partial charge in [0.15, 0.2) is 17.5 Å². The first-order valence-corrected chi connectivity index (χ1v) is 20.3. The fraction of sp³-hybridized carbons (Fsp3) is 0. The zero-order valence-corrected chi connectivity index (χ0v) is 32.4. The monoisotopic (exact) mass is 765 g/mol. The quantitative estimate of drug-likeness (QED) is 0.169. The second kappa shape index (κ2) is 13.8. The number of hydrogen-bond donors (Lipinski definition) is 0. The van der Waals surface area contributed by atoms with Crippen molar-refractivity contribution in [3.05, 3.63) is 212 Å². The lowest BCUT2D eigenvalue weighted by molar-refractivity contribution is 1.08. The number of rotatable bonds is 6. The van der Waals surface area contributed by atoms with Crippen LogP contribution in [0.1, 0.15) is 0 Å². The van der Waals surface area contributed by atoms with Gasteiger partial charge < -0.3 is 9.13 Å². The molecule has 0 aliphatic carbocycles. The summed E-state index contributed by atoms with van der Waals surface area (Å²) in [6.07, 6.45) is 0.